The Hall–Kier alpha value is -1.67. The molecule has 0 unspecified atom stereocenters. The molecular formula is C15H15ClO2. The molecule has 0 saturated heterocycles. The largest absolute Gasteiger partial charge is 0.493 e. The maximum atomic E-state index is 7.47. The van der Waals surface area contributed by atoms with Crippen molar-refractivity contribution in [2.24, 2.45) is 0 Å². The van der Waals surface area contributed by atoms with Gasteiger partial charge in [0.1, 0.15) is 6.61 Å². The van der Waals surface area contributed by atoms with Crippen molar-refractivity contribution in [3.8, 4) is 11.5 Å². The summed E-state index contributed by atoms with van der Waals surface area (Å²) in [5, 5.41) is 0. The van der Waals surface area contributed by atoms with Crippen LogP contribution in [0.5, 0.6) is 11.5 Å². The second kappa shape index (κ2) is 6.31. The highest BCUT2D eigenvalue weighted by Crippen LogP contribution is 2.29. The van der Waals surface area contributed by atoms with Crippen LogP contribution in [-0.2, 0) is 12.5 Å². The molecule has 0 N–H and O–H groups in total. The van der Waals surface area contributed by atoms with Gasteiger partial charge in [0.15, 0.2) is 11.5 Å². The summed E-state index contributed by atoms with van der Waals surface area (Å²) in [6.07, 6.45) is 0. The maximum absolute atomic E-state index is 7.47. The second-order valence-electron chi connectivity index (χ2n) is 3.79. The Kier molecular flexibility index (Phi) is 4.01. The minimum atomic E-state index is -0.794. The fourth-order valence-corrected chi connectivity index (χ4v) is 1.74. The molecule has 0 aromatic heterocycles. The van der Waals surface area contributed by atoms with Crippen molar-refractivity contribution in [3.05, 3.63) is 59.7 Å². The lowest BCUT2D eigenvalue weighted by Gasteiger charge is -2.11. The van der Waals surface area contributed by atoms with Crippen LogP contribution in [-0.4, -0.2) is 7.11 Å². The van der Waals surface area contributed by atoms with Crippen LogP contribution < -0.4 is 9.47 Å². The fraction of sp³-hybridized carbons (Fsp3) is 0.200. The molecule has 2 nitrogen and oxygen atoms in total. The average Bonchev–Trinajstić information content (AvgIpc) is 2.45. The van der Waals surface area contributed by atoms with Crippen LogP contribution in [0.1, 0.15) is 12.5 Å². The zero-order chi connectivity index (χ0) is 13.7. The molecule has 1 atom stereocenters. The van der Waals surface area contributed by atoms with Crippen molar-refractivity contribution in [1.82, 2.24) is 0 Å². The van der Waals surface area contributed by atoms with Gasteiger partial charge in [0.05, 0.1) is 7.11 Å². The van der Waals surface area contributed by atoms with E-state index in [2.05, 4.69) is 0 Å². The lowest BCUT2D eigenvalue weighted by Crippen LogP contribution is -1.98. The summed E-state index contributed by atoms with van der Waals surface area (Å²) in [4.78, 5) is 0. The summed E-state index contributed by atoms with van der Waals surface area (Å²) < 4.78 is 18.4. The predicted octanol–water partition coefficient (Wildman–Crippen LogP) is 4.01. The Bertz CT molecular complexity index is 529. The van der Waals surface area contributed by atoms with Gasteiger partial charge in [0, 0.05) is 7.23 Å². The summed E-state index contributed by atoms with van der Waals surface area (Å²) in [5.74, 6) is 0.441. The zero-order valence-electron chi connectivity index (χ0n) is 11.1. The summed E-state index contributed by atoms with van der Waals surface area (Å²) >= 11 is 5.73. The minimum absolute atomic E-state index is 0.474. The third-order valence-electron chi connectivity index (χ3n) is 2.55. The van der Waals surface area contributed by atoms with Gasteiger partial charge in [-0.25, -0.2) is 0 Å². The molecule has 0 fully saturated rings. The number of benzene rings is 2. The van der Waals surface area contributed by atoms with Crippen molar-refractivity contribution in [3.63, 3.8) is 0 Å². The number of alkyl halides is 1. The monoisotopic (exact) mass is 264 g/mol. The van der Waals surface area contributed by atoms with E-state index in [4.69, 9.17) is 22.4 Å². The SMILES string of the molecule is [3H][C@@H](Cl)c1ccc(OCc2ccccc2)c(OC)c1. The van der Waals surface area contributed by atoms with Crippen molar-refractivity contribution >= 4 is 11.6 Å². The van der Waals surface area contributed by atoms with Gasteiger partial charge in [-0.05, 0) is 23.3 Å². The van der Waals surface area contributed by atoms with E-state index in [9.17, 15) is 0 Å². The Labute approximate surface area is 114 Å². The quantitative estimate of drug-likeness (QED) is 0.760. The molecule has 0 bridgehead atoms. The molecule has 0 spiro atoms. The summed E-state index contributed by atoms with van der Waals surface area (Å²) in [5.41, 5.74) is 1.77. The van der Waals surface area contributed by atoms with Gasteiger partial charge in [0.25, 0.3) is 0 Å². The minimum Gasteiger partial charge on any atom is -0.493 e. The first-order valence-corrected chi connectivity index (χ1v) is 6.05. The number of methoxy groups -OCH3 is 1. The third kappa shape index (κ3) is 3.17. The van der Waals surface area contributed by atoms with Gasteiger partial charge in [-0.3, -0.25) is 0 Å². The fourth-order valence-electron chi connectivity index (χ4n) is 1.61. The normalized spacial score (nSPS) is 12.7. The van der Waals surface area contributed by atoms with Gasteiger partial charge < -0.3 is 9.47 Å². The van der Waals surface area contributed by atoms with Crippen LogP contribution in [0, 0.1) is 0 Å². The molecule has 0 aliphatic carbocycles. The number of hydrogen-bond donors (Lipinski definition) is 0. The third-order valence-corrected chi connectivity index (χ3v) is 2.80. The van der Waals surface area contributed by atoms with Gasteiger partial charge in [-0.2, -0.15) is 0 Å². The lowest BCUT2D eigenvalue weighted by molar-refractivity contribution is 0.284. The van der Waals surface area contributed by atoms with Crippen molar-refractivity contribution in [2.45, 2.75) is 12.5 Å². The first kappa shape index (κ1) is 11.4. The van der Waals surface area contributed by atoms with Crippen LogP contribution in [0.2, 0.25) is 0 Å². The molecular weight excluding hydrogens is 248 g/mol. The molecule has 2 rings (SSSR count). The zero-order valence-corrected chi connectivity index (χ0v) is 10.9. The number of ether oxygens (including phenoxy) is 2. The summed E-state index contributed by atoms with van der Waals surface area (Å²) in [6, 6.07) is 15.2. The van der Waals surface area contributed by atoms with Crippen LogP contribution in [0.25, 0.3) is 0 Å². The summed E-state index contributed by atoms with van der Waals surface area (Å²) in [7, 11) is 1.57. The van der Waals surface area contributed by atoms with E-state index in [1.807, 2.05) is 30.3 Å². The van der Waals surface area contributed by atoms with Crippen molar-refractivity contribution in [1.29, 1.82) is 0 Å². The van der Waals surface area contributed by atoms with Crippen LogP contribution in [0.3, 0.4) is 0 Å². The number of rotatable bonds is 5. The van der Waals surface area contributed by atoms with Gasteiger partial charge in [-0.15, -0.1) is 11.6 Å². The molecule has 0 aliphatic rings. The molecule has 0 aliphatic heterocycles. The first-order chi connectivity index (χ1) is 9.20. The van der Waals surface area contributed by atoms with Crippen LogP contribution in [0.4, 0.5) is 0 Å². The molecule has 0 amide bonds. The lowest BCUT2D eigenvalue weighted by atomic mass is 10.2. The van der Waals surface area contributed by atoms with Crippen LogP contribution >= 0.6 is 11.6 Å². The highest BCUT2D eigenvalue weighted by Gasteiger charge is 2.05. The Morgan fingerprint density at radius 1 is 1.06 bits per heavy atom. The highest BCUT2D eigenvalue weighted by molar-refractivity contribution is 6.17. The number of hydrogen-bond acceptors (Lipinski definition) is 2. The molecule has 94 valence electrons. The average molecular weight is 265 g/mol. The topological polar surface area (TPSA) is 18.5 Å². The van der Waals surface area contributed by atoms with E-state index in [-0.39, 0.29) is 0 Å². The Morgan fingerprint density at radius 2 is 1.83 bits per heavy atom. The van der Waals surface area contributed by atoms with E-state index in [1.54, 1.807) is 25.3 Å². The molecule has 0 saturated carbocycles. The molecule has 2 aromatic rings. The van der Waals surface area contributed by atoms with E-state index in [0.29, 0.717) is 23.7 Å². The molecule has 18 heavy (non-hydrogen) atoms. The Balaban J connectivity index is 2.12. The Morgan fingerprint density at radius 3 is 2.50 bits per heavy atom. The molecule has 0 radical (unpaired) electrons. The molecule has 0 heterocycles. The maximum Gasteiger partial charge on any atom is 0.161 e. The van der Waals surface area contributed by atoms with Crippen molar-refractivity contribution in [2.75, 3.05) is 7.11 Å². The van der Waals surface area contributed by atoms with Crippen LogP contribution in [0.15, 0.2) is 48.5 Å². The van der Waals surface area contributed by atoms with Gasteiger partial charge in [-0.1, -0.05) is 36.4 Å². The first-order valence-electron chi connectivity index (χ1n) is 6.19. The standard InChI is InChI=1S/C15H15ClO2/c1-17-15-9-13(10-16)7-8-14(15)18-11-12-5-3-2-4-6-12/h2-9H,10-11H2,1H3/i10T/t10-/m1/s1. The highest BCUT2D eigenvalue weighted by atomic mass is 35.5. The van der Waals surface area contributed by atoms with Gasteiger partial charge >= 0.3 is 0 Å². The van der Waals surface area contributed by atoms with E-state index < -0.39 is 5.86 Å². The smallest absolute Gasteiger partial charge is 0.161 e. The molecule has 2 aromatic carbocycles. The molecule has 3 heteroatoms. The van der Waals surface area contributed by atoms with E-state index in [1.165, 1.54) is 0 Å². The van der Waals surface area contributed by atoms with Crippen molar-refractivity contribution < 1.29 is 10.8 Å². The summed E-state index contributed by atoms with van der Waals surface area (Å²) in [6.45, 7) is 0.474. The van der Waals surface area contributed by atoms with E-state index in [0.717, 1.165) is 5.56 Å². The van der Waals surface area contributed by atoms with E-state index >= 15 is 0 Å². The number of halogens is 1. The predicted molar refractivity (Wildman–Crippen MR) is 73.3 cm³/mol. The van der Waals surface area contributed by atoms with Gasteiger partial charge in [0.2, 0.25) is 0 Å². The second-order valence-corrected chi connectivity index (χ2v) is 4.01.